The molecular weight excluding hydrogens is 540 g/mol. The zero-order valence-corrected chi connectivity index (χ0v) is 23.2. The van der Waals surface area contributed by atoms with Crippen LogP contribution in [0.3, 0.4) is 0 Å². The minimum atomic E-state index is -1.82. The molecule has 1 spiro atoms. The molecule has 0 N–H and O–H groups in total. The molecule has 0 saturated heterocycles. The minimum absolute atomic E-state index is 0.252. The van der Waals surface area contributed by atoms with Gasteiger partial charge in [-0.1, -0.05) is 71.9 Å². The fourth-order valence-corrected chi connectivity index (χ4v) is 7.03. The van der Waals surface area contributed by atoms with E-state index in [4.69, 9.17) is 14.5 Å². The highest BCUT2D eigenvalue weighted by molar-refractivity contribution is 8.14. The Hall–Kier alpha value is -4.76. The first-order valence-corrected chi connectivity index (χ1v) is 13.6. The Morgan fingerprint density at radius 1 is 0.902 bits per heavy atom. The van der Waals surface area contributed by atoms with Crippen molar-refractivity contribution in [2.24, 2.45) is 0 Å². The molecule has 3 heterocycles. The Kier molecular flexibility index (Phi) is 6.46. The van der Waals surface area contributed by atoms with E-state index in [1.165, 1.54) is 12.0 Å². The predicted octanol–water partition coefficient (Wildman–Crippen LogP) is 4.91. The maximum Gasteiger partial charge on any atom is 0.355 e. The molecule has 2 unspecified atom stereocenters. The number of carbonyl (C=O) groups excluding carboxylic acids is 4. The van der Waals surface area contributed by atoms with Crippen molar-refractivity contribution in [3.8, 4) is 0 Å². The number of rotatable bonds is 4. The van der Waals surface area contributed by atoms with Crippen LogP contribution in [0.25, 0.3) is 10.8 Å². The first-order chi connectivity index (χ1) is 19.8. The maximum atomic E-state index is 14.5. The summed E-state index contributed by atoms with van der Waals surface area (Å²) < 4.78 is 10.4. The van der Waals surface area contributed by atoms with E-state index < -0.39 is 34.4 Å². The molecule has 6 rings (SSSR count). The van der Waals surface area contributed by atoms with Crippen LogP contribution < -0.4 is 0 Å². The van der Waals surface area contributed by atoms with Gasteiger partial charge < -0.3 is 9.47 Å². The summed E-state index contributed by atoms with van der Waals surface area (Å²) in [6.07, 6.45) is 1.59. The first-order valence-electron chi connectivity index (χ1n) is 12.8. The van der Waals surface area contributed by atoms with E-state index in [1.54, 1.807) is 36.5 Å². The molecule has 8 nitrogen and oxygen atoms in total. The number of nitrogens with zero attached hydrogens (tertiary/aromatic N) is 2. The summed E-state index contributed by atoms with van der Waals surface area (Å²) in [4.78, 5) is 62.9. The smallest absolute Gasteiger partial charge is 0.355 e. The Morgan fingerprint density at radius 3 is 2.34 bits per heavy atom. The van der Waals surface area contributed by atoms with Crippen LogP contribution in [0, 0.1) is 6.92 Å². The standard InChI is InChI=1S/C32H24N2O6S/c1-18-13-14-23-22(17-18)32(31(38)41-23)24(29(36)39-2)26(30(37)40-3)34(28(35)20-10-5-4-6-11-20)27(32)25-21-12-8-7-9-19(21)15-16-33-25/h4-17,27H,1-3H3. The highest BCUT2D eigenvalue weighted by atomic mass is 32.2. The summed E-state index contributed by atoms with van der Waals surface area (Å²) in [5.41, 5.74) is -0.477. The molecule has 0 bridgehead atoms. The van der Waals surface area contributed by atoms with E-state index in [9.17, 15) is 19.2 Å². The summed E-state index contributed by atoms with van der Waals surface area (Å²) in [5, 5.41) is 1.05. The van der Waals surface area contributed by atoms with E-state index in [-0.39, 0.29) is 16.8 Å². The van der Waals surface area contributed by atoms with Crippen LogP contribution in [-0.2, 0) is 29.3 Å². The van der Waals surface area contributed by atoms with E-state index >= 15 is 0 Å². The molecule has 2 aliphatic rings. The third kappa shape index (κ3) is 3.80. The maximum absolute atomic E-state index is 14.5. The minimum Gasteiger partial charge on any atom is -0.466 e. The van der Waals surface area contributed by atoms with Crippen LogP contribution in [0.4, 0.5) is 0 Å². The van der Waals surface area contributed by atoms with Gasteiger partial charge in [0.2, 0.25) is 5.12 Å². The van der Waals surface area contributed by atoms with E-state index in [0.29, 0.717) is 21.5 Å². The Bertz CT molecular complexity index is 1800. The molecule has 2 atom stereocenters. The third-order valence-electron chi connectivity index (χ3n) is 7.60. The van der Waals surface area contributed by atoms with Gasteiger partial charge in [-0.05, 0) is 42.1 Å². The molecule has 1 aromatic heterocycles. The number of hydrogen-bond acceptors (Lipinski definition) is 8. The molecule has 41 heavy (non-hydrogen) atoms. The number of aryl methyl sites for hydroxylation is 1. The molecule has 2 aliphatic heterocycles. The van der Waals surface area contributed by atoms with Gasteiger partial charge in [0, 0.05) is 22.0 Å². The Balaban J connectivity index is 1.80. The van der Waals surface area contributed by atoms with Gasteiger partial charge >= 0.3 is 11.9 Å². The molecule has 9 heteroatoms. The summed E-state index contributed by atoms with van der Waals surface area (Å²) in [7, 11) is 2.34. The third-order valence-corrected chi connectivity index (χ3v) is 8.68. The van der Waals surface area contributed by atoms with Crippen molar-refractivity contribution >= 4 is 45.5 Å². The number of fused-ring (bicyclic) bond motifs is 3. The number of ether oxygens (including phenoxy) is 2. The number of carbonyl (C=O) groups is 4. The average Bonchev–Trinajstić information content (AvgIpc) is 3.48. The molecular formula is C32H24N2O6S. The van der Waals surface area contributed by atoms with Gasteiger partial charge in [-0.2, -0.15) is 0 Å². The van der Waals surface area contributed by atoms with Crippen molar-refractivity contribution in [3.63, 3.8) is 0 Å². The molecule has 0 aliphatic carbocycles. The molecule has 0 radical (unpaired) electrons. The van der Waals surface area contributed by atoms with Crippen molar-refractivity contribution < 1.29 is 28.7 Å². The highest BCUT2D eigenvalue weighted by Crippen LogP contribution is 2.63. The number of hydrogen-bond donors (Lipinski definition) is 0. The largest absolute Gasteiger partial charge is 0.466 e. The van der Waals surface area contributed by atoms with Crippen molar-refractivity contribution in [1.29, 1.82) is 0 Å². The van der Waals surface area contributed by atoms with Crippen LogP contribution in [-0.4, -0.2) is 47.1 Å². The molecule has 204 valence electrons. The first kappa shape index (κ1) is 26.5. The average molecular weight is 565 g/mol. The van der Waals surface area contributed by atoms with Gasteiger partial charge in [0.1, 0.15) is 17.2 Å². The summed E-state index contributed by atoms with van der Waals surface area (Å²) in [6, 6.07) is 21.9. The van der Waals surface area contributed by atoms with E-state index in [1.807, 2.05) is 55.5 Å². The normalized spacial score (nSPS) is 19.5. The lowest BCUT2D eigenvalue weighted by atomic mass is 9.69. The lowest BCUT2D eigenvalue weighted by Gasteiger charge is -2.36. The van der Waals surface area contributed by atoms with Gasteiger partial charge in [0.25, 0.3) is 5.91 Å². The zero-order valence-electron chi connectivity index (χ0n) is 22.4. The molecule has 0 saturated carbocycles. The SMILES string of the molecule is COC(=O)C1=C(C(=O)OC)C2(C(=O)Sc3ccc(C)cc32)C(c2nccc3ccccc23)N1C(=O)c1ccccc1. The van der Waals surface area contributed by atoms with Crippen molar-refractivity contribution in [2.75, 3.05) is 14.2 Å². The highest BCUT2D eigenvalue weighted by Gasteiger charge is 2.68. The van der Waals surface area contributed by atoms with Crippen molar-refractivity contribution in [3.05, 3.63) is 119 Å². The Labute approximate surface area is 240 Å². The molecule has 0 fully saturated rings. The van der Waals surface area contributed by atoms with Crippen LogP contribution in [0.5, 0.6) is 0 Å². The van der Waals surface area contributed by atoms with Gasteiger partial charge in [-0.25, -0.2) is 9.59 Å². The van der Waals surface area contributed by atoms with E-state index in [0.717, 1.165) is 29.8 Å². The van der Waals surface area contributed by atoms with Gasteiger partial charge in [0.05, 0.1) is 25.5 Å². The lowest BCUT2D eigenvalue weighted by Crippen LogP contribution is -2.45. The quantitative estimate of drug-likeness (QED) is 0.322. The monoisotopic (exact) mass is 564 g/mol. The lowest BCUT2D eigenvalue weighted by molar-refractivity contribution is -0.140. The number of benzene rings is 3. The fraction of sp³-hybridized carbons (Fsp3) is 0.156. The number of amides is 1. The number of thioether (sulfide) groups is 1. The molecule has 3 aromatic carbocycles. The second-order valence-electron chi connectivity index (χ2n) is 9.76. The van der Waals surface area contributed by atoms with Crippen LogP contribution in [0.2, 0.25) is 0 Å². The number of esters is 2. The van der Waals surface area contributed by atoms with Gasteiger partial charge in [0.15, 0.2) is 0 Å². The summed E-state index contributed by atoms with van der Waals surface area (Å²) in [5.74, 6) is -2.46. The van der Waals surface area contributed by atoms with Crippen LogP contribution in [0.15, 0.2) is 101 Å². The van der Waals surface area contributed by atoms with Crippen molar-refractivity contribution in [1.82, 2.24) is 9.88 Å². The van der Waals surface area contributed by atoms with Crippen LogP contribution in [0.1, 0.15) is 33.2 Å². The van der Waals surface area contributed by atoms with Crippen molar-refractivity contribution in [2.45, 2.75) is 23.3 Å². The molecule has 4 aromatic rings. The number of methoxy groups -OCH3 is 2. The summed E-state index contributed by atoms with van der Waals surface area (Å²) >= 11 is 0.964. The second kappa shape index (κ2) is 10.0. The second-order valence-corrected chi connectivity index (χ2v) is 10.8. The predicted molar refractivity (Wildman–Crippen MR) is 152 cm³/mol. The molecule has 1 amide bonds. The number of pyridine rings is 1. The topological polar surface area (TPSA) is 103 Å². The van der Waals surface area contributed by atoms with Gasteiger partial charge in [-0.15, -0.1) is 0 Å². The Morgan fingerprint density at radius 2 is 1.61 bits per heavy atom. The fourth-order valence-electron chi connectivity index (χ4n) is 5.88. The zero-order chi connectivity index (χ0) is 28.9. The van der Waals surface area contributed by atoms with E-state index in [2.05, 4.69) is 0 Å². The van der Waals surface area contributed by atoms with Gasteiger partial charge in [-0.3, -0.25) is 19.5 Å². The summed E-state index contributed by atoms with van der Waals surface area (Å²) in [6.45, 7) is 1.87. The number of aromatic nitrogens is 1. The van der Waals surface area contributed by atoms with Crippen LogP contribution >= 0.6 is 11.8 Å².